The highest BCUT2D eigenvalue weighted by Crippen LogP contribution is 2.27. The molecule has 0 radical (unpaired) electrons. The fraction of sp³-hybridized carbons (Fsp3) is 0.400. The van der Waals surface area contributed by atoms with E-state index < -0.39 is 0 Å². The molecule has 0 saturated carbocycles. The summed E-state index contributed by atoms with van der Waals surface area (Å²) in [7, 11) is 1.98. The van der Waals surface area contributed by atoms with Crippen molar-refractivity contribution in [3.05, 3.63) is 45.9 Å². The summed E-state index contributed by atoms with van der Waals surface area (Å²) in [4.78, 5) is 4.54. The monoisotopic (exact) mass is 276 g/mol. The van der Waals surface area contributed by atoms with E-state index in [1.165, 1.54) is 5.56 Å². The predicted molar refractivity (Wildman–Crippen MR) is 80.0 cm³/mol. The number of benzene rings is 1. The fourth-order valence-electron chi connectivity index (χ4n) is 2.13. The van der Waals surface area contributed by atoms with Gasteiger partial charge < -0.3 is 10.1 Å². The van der Waals surface area contributed by atoms with Crippen molar-refractivity contribution in [1.29, 1.82) is 0 Å². The molecule has 3 nitrogen and oxygen atoms in total. The molecule has 0 aliphatic heterocycles. The lowest BCUT2D eigenvalue weighted by Gasteiger charge is -2.19. The highest BCUT2D eigenvalue weighted by atomic mass is 32.1. The molecule has 102 valence electrons. The average Bonchev–Trinajstić information content (AvgIpc) is 2.83. The van der Waals surface area contributed by atoms with E-state index in [4.69, 9.17) is 4.74 Å². The van der Waals surface area contributed by atoms with Crippen LogP contribution in [0.4, 0.5) is 0 Å². The van der Waals surface area contributed by atoms with Crippen LogP contribution in [0.1, 0.15) is 29.2 Å². The van der Waals surface area contributed by atoms with Crippen molar-refractivity contribution in [2.24, 2.45) is 0 Å². The summed E-state index contributed by atoms with van der Waals surface area (Å²) in [6, 6.07) is 8.42. The summed E-state index contributed by atoms with van der Waals surface area (Å²) in [6.45, 7) is 4.73. The molecule has 1 heterocycles. The zero-order chi connectivity index (χ0) is 13.7. The Morgan fingerprint density at radius 1 is 1.37 bits per heavy atom. The van der Waals surface area contributed by atoms with E-state index in [-0.39, 0.29) is 6.04 Å². The van der Waals surface area contributed by atoms with E-state index >= 15 is 0 Å². The summed E-state index contributed by atoms with van der Waals surface area (Å²) in [5.74, 6) is 0.955. The molecule has 0 bridgehead atoms. The number of aromatic nitrogens is 1. The van der Waals surface area contributed by atoms with Gasteiger partial charge in [-0.3, -0.25) is 0 Å². The maximum absolute atomic E-state index is 5.70. The summed E-state index contributed by atoms with van der Waals surface area (Å²) < 4.78 is 5.70. The second-order valence-electron chi connectivity index (χ2n) is 4.37. The van der Waals surface area contributed by atoms with E-state index in [1.54, 1.807) is 11.3 Å². The van der Waals surface area contributed by atoms with Gasteiger partial charge in [0.05, 0.1) is 17.3 Å². The first kappa shape index (κ1) is 14.0. The predicted octanol–water partition coefficient (Wildman–Crippen LogP) is 3.35. The Kier molecular flexibility index (Phi) is 4.93. The third-order valence-electron chi connectivity index (χ3n) is 3.02. The summed E-state index contributed by atoms with van der Waals surface area (Å²) in [6.07, 6.45) is 0.880. The molecule has 2 rings (SSSR count). The Hall–Kier alpha value is -1.39. The quantitative estimate of drug-likeness (QED) is 0.878. The third kappa shape index (κ3) is 3.55. The van der Waals surface area contributed by atoms with Crippen molar-refractivity contribution >= 4 is 11.3 Å². The molecular formula is C15H20N2OS. The van der Waals surface area contributed by atoms with Crippen LogP contribution in [0.3, 0.4) is 0 Å². The second kappa shape index (κ2) is 6.68. The molecule has 1 aromatic carbocycles. The van der Waals surface area contributed by atoms with Crippen molar-refractivity contribution in [2.45, 2.75) is 26.3 Å². The molecule has 0 aliphatic rings. The van der Waals surface area contributed by atoms with Gasteiger partial charge in [-0.15, -0.1) is 11.3 Å². The van der Waals surface area contributed by atoms with Crippen LogP contribution in [0.25, 0.3) is 0 Å². The molecule has 1 unspecified atom stereocenters. The SMILES string of the molecule is CCOc1ccccc1C(Cc1csc(C)n1)NC. The Balaban J connectivity index is 2.21. The minimum atomic E-state index is 0.226. The van der Waals surface area contributed by atoms with E-state index in [1.807, 2.05) is 33.0 Å². The van der Waals surface area contributed by atoms with Gasteiger partial charge in [0, 0.05) is 23.4 Å². The van der Waals surface area contributed by atoms with Gasteiger partial charge in [0.25, 0.3) is 0 Å². The number of rotatable bonds is 6. The molecule has 0 fully saturated rings. The number of para-hydroxylation sites is 1. The molecule has 0 spiro atoms. The Bertz CT molecular complexity index is 524. The highest BCUT2D eigenvalue weighted by molar-refractivity contribution is 7.09. The van der Waals surface area contributed by atoms with Crippen molar-refractivity contribution in [1.82, 2.24) is 10.3 Å². The number of aryl methyl sites for hydroxylation is 1. The van der Waals surface area contributed by atoms with Gasteiger partial charge in [-0.05, 0) is 27.0 Å². The lowest BCUT2D eigenvalue weighted by atomic mass is 10.0. The number of thiazole rings is 1. The summed E-state index contributed by atoms with van der Waals surface area (Å²) in [5, 5.41) is 6.60. The first-order chi connectivity index (χ1) is 9.24. The van der Waals surface area contributed by atoms with E-state index in [9.17, 15) is 0 Å². The fourth-order valence-corrected chi connectivity index (χ4v) is 2.76. The van der Waals surface area contributed by atoms with Crippen molar-refractivity contribution in [3.8, 4) is 5.75 Å². The average molecular weight is 276 g/mol. The molecule has 19 heavy (non-hydrogen) atoms. The molecular weight excluding hydrogens is 256 g/mol. The summed E-state index contributed by atoms with van der Waals surface area (Å²) in [5.41, 5.74) is 2.32. The first-order valence-electron chi connectivity index (χ1n) is 6.54. The minimum absolute atomic E-state index is 0.226. The Morgan fingerprint density at radius 3 is 2.79 bits per heavy atom. The van der Waals surface area contributed by atoms with Crippen LogP contribution in [-0.4, -0.2) is 18.6 Å². The molecule has 1 atom stereocenters. The van der Waals surface area contributed by atoms with E-state index in [0.29, 0.717) is 6.61 Å². The maximum atomic E-state index is 5.70. The van der Waals surface area contributed by atoms with Gasteiger partial charge in [0.1, 0.15) is 5.75 Å². The van der Waals surface area contributed by atoms with Crippen molar-refractivity contribution < 1.29 is 4.74 Å². The Labute approximate surface area is 118 Å². The number of likely N-dealkylation sites (N-methyl/N-ethyl adjacent to an activating group) is 1. The zero-order valence-electron chi connectivity index (χ0n) is 11.6. The molecule has 0 saturated heterocycles. The third-order valence-corrected chi connectivity index (χ3v) is 3.84. The number of nitrogens with one attached hydrogen (secondary N) is 1. The molecule has 1 aromatic heterocycles. The van der Waals surface area contributed by atoms with Crippen LogP contribution in [0.2, 0.25) is 0 Å². The maximum Gasteiger partial charge on any atom is 0.124 e. The van der Waals surface area contributed by atoms with Crippen LogP contribution in [0, 0.1) is 6.92 Å². The summed E-state index contributed by atoms with van der Waals surface area (Å²) >= 11 is 1.70. The molecule has 0 aliphatic carbocycles. The van der Waals surface area contributed by atoms with Crippen molar-refractivity contribution in [3.63, 3.8) is 0 Å². The van der Waals surface area contributed by atoms with Gasteiger partial charge in [-0.1, -0.05) is 18.2 Å². The zero-order valence-corrected chi connectivity index (χ0v) is 12.5. The second-order valence-corrected chi connectivity index (χ2v) is 5.44. The number of ether oxygens (including phenoxy) is 1. The minimum Gasteiger partial charge on any atom is -0.494 e. The number of hydrogen-bond donors (Lipinski definition) is 1. The smallest absolute Gasteiger partial charge is 0.124 e. The lowest BCUT2D eigenvalue weighted by Crippen LogP contribution is -2.20. The molecule has 0 amide bonds. The van der Waals surface area contributed by atoms with Gasteiger partial charge in [-0.25, -0.2) is 4.98 Å². The van der Waals surface area contributed by atoms with Crippen LogP contribution in [-0.2, 0) is 6.42 Å². The number of nitrogens with zero attached hydrogens (tertiary/aromatic N) is 1. The number of hydrogen-bond acceptors (Lipinski definition) is 4. The standard InChI is InChI=1S/C15H20N2OS/c1-4-18-15-8-6-5-7-13(15)14(16-3)9-12-10-19-11(2)17-12/h5-8,10,14,16H,4,9H2,1-3H3. The topological polar surface area (TPSA) is 34.1 Å². The van der Waals surface area contributed by atoms with Gasteiger partial charge in [0.15, 0.2) is 0 Å². The first-order valence-corrected chi connectivity index (χ1v) is 7.42. The molecule has 1 N–H and O–H groups in total. The highest BCUT2D eigenvalue weighted by Gasteiger charge is 2.16. The van der Waals surface area contributed by atoms with E-state index in [2.05, 4.69) is 27.8 Å². The van der Waals surface area contributed by atoms with Crippen LogP contribution in [0.15, 0.2) is 29.6 Å². The molecule has 2 aromatic rings. The van der Waals surface area contributed by atoms with Gasteiger partial charge in [-0.2, -0.15) is 0 Å². The van der Waals surface area contributed by atoms with Gasteiger partial charge in [0.2, 0.25) is 0 Å². The van der Waals surface area contributed by atoms with E-state index in [0.717, 1.165) is 22.9 Å². The Morgan fingerprint density at radius 2 is 2.16 bits per heavy atom. The molecule has 4 heteroatoms. The largest absolute Gasteiger partial charge is 0.494 e. The van der Waals surface area contributed by atoms with Crippen molar-refractivity contribution in [2.75, 3.05) is 13.7 Å². The van der Waals surface area contributed by atoms with Crippen LogP contribution < -0.4 is 10.1 Å². The van der Waals surface area contributed by atoms with Gasteiger partial charge >= 0.3 is 0 Å². The lowest BCUT2D eigenvalue weighted by molar-refractivity contribution is 0.332. The van der Waals surface area contributed by atoms with Crippen LogP contribution in [0.5, 0.6) is 5.75 Å². The van der Waals surface area contributed by atoms with Crippen LogP contribution >= 0.6 is 11.3 Å². The normalized spacial score (nSPS) is 12.4.